The molecule has 0 aromatic heterocycles. The molecule has 0 saturated heterocycles. The zero-order chi connectivity index (χ0) is 23.8. The van der Waals surface area contributed by atoms with Gasteiger partial charge in [0.1, 0.15) is 0 Å². The van der Waals surface area contributed by atoms with Gasteiger partial charge in [0.2, 0.25) is 5.91 Å². The van der Waals surface area contributed by atoms with Crippen molar-refractivity contribution in [1.29, 1.82) is 0 Å². The first-order valence-corrected chi connectivity index (χ1v) is 11.7. The van der Waals surface area contributed by atoms with Crippen molar-refractivity contribution in [2.45, 2.75) is 0 Å². The van der Waals surface area contributed by atoms with E-state index in [9.17, 15) is 14.7 Å². The number of hydrogen-bond donors (Lipinski definition) is 2. The van der Waals surface area contributed by atoms with Crippen LogP contribution in [0.3, 0.4) is 0 Å². The summed E-state index contributed by atoms with van der Waals surface area (Å²) in [4.78, 5) is 25.9. The number of hydrogen-bond acceptors (Lipinski definition) is 2. The number of carboxylic acids is 1. The third kappa shape index (κ3) is 3.93. The molecule has 3 aromatic carbocycles. The van der Waals surface area contributed by atoms with Crippen molar-refractivity contribution in [3.63, 3.8) is 0 Å². The molecule has 1 saturated carbocycles. The van der Waals surface area contributed by atoms with Crippen LogP contribution in [0.15, 0.2) is 96.6 Å². The van der Waals surface area contributed by atoms with Gasteiger partial charge in [-0.3, -0.25) is 9.59 Å². The standard InChI is InChI=1S/C28H21Cl2NO3/c29-21-14-11-18(15-22(21)30)31-27(32)25-19-12-13-20(26(25)28(33)34)24(19)23(16-7-3-1-4-8-16)17-9-5-2-6-10-17/h1-15,19-20,25-26H,(H,31,32)(H,33,34). The van der Waals surface area contributed by atoms with Gasteiger partial charge in [-0.25, -0.2) is 0 Å². The molecule has 0 radical (unpaired) electrons. The van der Waals surface area contributed by atoms with Gasteiger partial charge in [0, 0.05) is 17.5 Å². The van der Waals surface area contributed by atoms with Crippen LogP contribution >= 0.6 is 23.2 Å². The van der Waals surface area contributed by atoms with Crippen LogP contribution in [0, 0.1) is 23.7 Å². The zero-order valence-corrected chi connectivity index (χ0v) is 19.5. The average Bonchev–Trinajstić information content (AvgIpc) is 3.39. The SMILES string of the molecule is O=C(O)C1C2C=CC(C2=C(c2ccccc2)c2ccccc2)C1C(=O)Nc1ccc(Cl)c(Cl)c1. The second-order valence-electron chi connectivity index (χ2n) is 8.51. The molecule has 1 amide bonds. The van der Waals surface area contributed by atoms with Gasteiger partial charge in [-0.05, 0) is 40.5 Å². The first-order valence-electron chi connectivity index (χ1n) is 11.0. The summed E-state index contributed by atoms with van der Waals surface area (Å²) in [5, 5.41) is 13.7. The summed E-state index contributed by atoms with van der Waals surface area (Å²) in [7, 11) is 0. The maximum atomic E-state index is 13.4. The molecule has 0 aliphatic heterocycles. The minimum Gasteiger partial charge on any atom is -0.481 e. The minimum absolute atomic E-state index is 0.318. The van der Waals surface area contributed by atoms with Gasteiger partial charge in [-0.2, -0.15) is 0 Å². The van der Waals surface area contributed by atoms with E-state index in [0.29, 0.717) is 15.7 Å². The lowest BCUT2D eigenvalue weighted by atomic mass is 9.82. The van der Waals surface area contributed by atoms with Crippen molar-refractivity contribution in [3.8, 4) is 0 Å². The Hall–Kier alpha value is -3.34. The van der Waals surface area contributed by atoms with Crippen molar-refractivity contribution < 1.29 is 14.7 Å². The molecule has 5 rings (SSSR count). The zero-order valence-electron chi connectivity index (χ0n) is 18.0. The molecule has 2 aliphatic rings. The number of fused-ring (bicyclic) bond motifs is 2. The number of carbonyl (C=O) groups is 2. The lowest BCUT2D eigenvalue weighted by Crippen LogP contribution is -2.36. The molecule has 4 unspecified atom stereocenters. The van der Waals surface area contributed by atoms with Crippen molar-refractivity contribution in [2.24, 2.45) is 23.7 Å². The second kappa shape index (κ2) is 9.13. The number of allylic oxidation sites excluding steroid dienone is 3. The Morgan fingerprint density at radius 1 is 0.735 bits per heavy atom. The van der Waals surface area contributed by atoms with E-state index in [1.807, 2.05) is 72.8 Å². The Morgan fingerprint density at radius 2 is 1.29 bits per heavy atom. The molecule has 2 N–H and O–H groups in total. The third-order valence-electron chi connectivity index (χ3n) is 6.59. The Balaban J connectivity index is 1.61. The van der Waals surface area contributed by atoms with E-state index in [1.165, 1.54) is 0 Å². The van der Waals surface area contributed by atoms with Crippen molar-refractivity contribution in [1.82, 2.24) is 0 Å². The summed E-state index contributed by atoms with van der Waals surface area (Å²) in [6.07, 6.45) is 3.91. The molecular formula is C28H21Cl2NO3. The van der Waals surface area contributed by atoms with Crippen LogP contribution in [0.2, 0.25) is 10.0 Å². The highest BCUT2D eigenvalue weighted by molar-refractivity contribution is 6.42. The van der Waals surface area contributed by atoms with Gasteiger partial charge in [0.25, 0.3) is 0 Å². The van der Waals surface area contributed by atoms with Crippen LogP contribution in [0.5, 0.6) is 0 Å². The highest BCUT2D eigenvalue weighted by Gasteiger charge is 2.55. The van der Waals surface area contributed by atoms with Gasteiger partial charge >= 0.3 is 5.97 Å². The van der Waals surface area contributed by atoms with Crippen LogP contribution < -0.4 is 5.32 Å². The lowest BCUT2D eigenvalue weighted by Gasteiger charge is -2.23. The maximum Gasteiger partial charge on any atom is 0.308 e. The van der Waals surface area contributed by atoms with E-state index in [2.05, 4.69) is 5.32 Å². The van der Waals surface area contributed by atoms with Gasteiger partial charge in [-0.1, -0.05) is 96.0 Å². The Kier molecular flexibility index (Phi) is 6.03. The second-order valence-corrected chi connectivity index (χ2v) is 9.32. The smallest absolute Gasteiger partial charge is 0.308 e. The molecule has 4 atom stereocenters. The first-order chi connectivity index (χ1) is 16.5. The predicted octanol–water partition coefficient (Wildman–Crippen LogP) is 6.57. The number of aliphatic carboxylic acids is 1. The Morgan fingerprint density at radius 3 is 1.82 bits per heavy atom. The quantitative estimate of drug-likeness (QED) is 0.398. The number of benzene rings is 3. The summed E-state index contributed by atoms with van der Waals surface area (Å²) in [5.41, 5.74) is 4.43. The fraction of sp³-hybridized carbons (Fsp3) is 0.143. The number of carboxylic acid groups (broad SMARTS) is 1. The van der Waals surface area contributed by atoms with Gasteiger partial charge in [-0.15, -0.1) is 0 Å². The number of carbonyl (C=O) groups excluding carboxylic acids is 1. The molecule has 2 aliphatic carbocycles. The minimum atomic E-state index is -0.982. The number of amides is 1. The largest absolute Gasteiger partial charge is 0.481 e. The molecule has 170 valence electrons. The van der Waals surface area contributed by atoms with E-state index in [1.54, 1.807) is 18.2 Å². The monoisotopic (exact) mass is 489 g/mol. The number of halogens is 2. The van der Waals surface area contributed by atoms with Gasteiger partial charge in [0.15, 0.2) is 0 Å². The molecular weight excluding hydrogens is 469 g/mol. The van der Waals surface area contributed by atoms with E-state index < -0.39 is 17.8 Å². The molecule has 0 spiro atoms. The molecule has 3 aromatic rings. The van der Waals surface area contributed by atoms with Crippen LogP contribution in [0.4, 0.5) is 5.69 Å². The van der Waals surface area contributed by atoms with Gasteiger partial charge in [0.05, 0.1) is 21.9 Å². The van der Waals surface area contributed by atoms with E-state index in [0.717, 1.165) is 22.3 Å². The van der Waals surface area contributed by atoms with Crippen molar-refractivity contribution >= 4 is 46.3 Å². The number of anilines is 1. The molecule has 34 heavy (non-hydrogen) atoms. The Bertz CT molecular complexity index is 1280. The van der Waals surface area contributed by atoms with Crippen molar-refractivity contribution in [2.75, 3.05) is 5.32 Å². The summed E-state index contributed by atoms with van der Waals surface area (Å²) < 4.78 is 0. The molecule has 6 heteroatoms. The average molecular weight is 490 g/mol. The van der Waals surface area contributed by atoms with E-state index in [4.69, 9.17) is 23.2 Å². The summed E-state index contributed by atoms with van der Waals surface area (Å²) in [5.74, 6) is -3.65. The molecule has 0 heterocycles. The van der Waals surface area contributed by atoms with Crippen LogP contribution in [-0.2, 0) is 9.59 Å². The number of rotatable bonds is 5. The highest BCUT2D eigenvalue weighted by Crippen LogP contribution is 2.55. The maximum absolute atomic E-state index is 13.4. The van der Waals surface area contributed by atoms with E-state index >= 15 is 0 Å². The Labute approximate surface area is 207 Å². The summed E-state index contributed by atoms with van der Waals surface area (Å²) in [6, 6.07) is 24.7. The first kappa shape index (κ1) is 22.5. The number of nitrogens with one attached hydrogen (secondary N) is 1. The molecule has 4 nitrogen and oxygen atoms in total. The fourth-order valence-corrected chi connectivity index (χ4v) is 5.52. The van der Waals surface area contributed by atoms with Gasteiger partial charge < -0.3 is 10.4 Å². The van der Waals surface area contributed by atoms with E-state index in [-0.39, 0.29) is 17.7 Å². The van der Waals surface area contributed by atoms with Crippen LogP contribution in [-0.4, -0.2) is 17.0 Å². The van der Waals surface area contributed by atoms with Crippen LogP contribution in [0.25, 0.3) is 5.57 Å². The molecule has 1 fully saturated rings. The lowest BCUT2D eigenvalue weighted by molar-refractivity contribution is -0.146. The van der Waals surface area contributed by atoms with Crippen molar-refractivity contribution in [3.05, 3.63) is 118 Å². The highest BCUT2D eigenvalue weighted by atomic mass is 35.5. The molecule has 2 bridgehead atoms. The predicted molar refractivity (Wildman–Crippen MR) is 135 cm³/mol. The fourth-order valence-electron chi connectivity index (χ4n) is 5.22. The summed E-state index contributed by atoms with van der Waals surface area (Å²) >= 11 is 12.1. The normalized spacial score (nSPS) is 22.6. The third-order valence-corrected chi connectivity index (χ3v) is 7.33. The topological polar surface area (TPSA) is 66.4 Å². The van der Waals surface area contributed by atoms with Crippen LogP contribution in [0.1, 0.15) is 11.1 Å². The summed E-state index contributed by atoms with van der Waals surface area (Å²) in [6.45, 7) is 0.